The minimum atomic E-state index is 0.107. The summed E-state index contributed by atoms with van der Waals surface area (Å²) >= 11 is 0. The average Bonchev–Trinajstić information content (AvgIpc) is 2.38. The van der Waals surface area contributed by atoms with E-state index in [0.29, 0.717) is 0 Å². The van der Waals surface area contributed by atoms with Crippen LogP contribution in [-0.4, -0.2) is 16.3 Å². The molecule has 0 fully saturated rings. The van der Waals surface area contributed by atoms with Crippen molar-refractivity contribution < 1.29 is 5.11 Å². The molecule has 13 heavy (non-hydrogen) atoms. The lowest BCUT2D eigenvalue weighted by molar-refractivity contribution is 0.343. The highest BCUT2D eigenvalue weighted by Gasteiger charge is 2.03. The highest BCUT2D eigenvalue weighted by atomic mass is 16.2. The molecule has 1 N–H and O–H groups in total. The summed E-state index contributed by atoms with van der Waals surface area (Å²) in [6, 6.07) is 2.14. The van der Waals surface area contributed by atoms with Gasteiger partial charge >= 0.3 is 0 Å². The minimum Gasteiger partial charge on any atom is -0.392 e. The van der Waals surface area contributed by atoms with Gasteiger partial charge in [-0.2, -0.15) is 0 Å². The molecule has 0 amide bonds. The zero-order valence-corrected chi connectivity index (χ0v) is 8.54. The Morgan fingerprint density at radius 1 is 1.46 bits per heavy atom. The molecule has 0 atom stereocenters. The van der Waals surface area contributed by atoms with Gasteiger partial charge in [-0.3, -0.25) is 0 Å². The van der Waals surface area contributed by atoms with Gasteiger partial charge in [-0.05, 0) is 32.4 Å². The van der Waals surface area contributed by atoms with Gasteiger partial charge in [0.15, 0.2) is 0 Å². The fourth-order valence-corrected chi connectivity index (χ4v) is 1.66. The molecule has 1 aromatic heterocycles. The number of hydrogen-bond donors (Lipinski definition) is 1. The molecule has 0 bridgehead atoms. The summed E-state index contributed by atoms with van der Waals surface area (Å²) in [6.45, 7) is 7.46. The molecule has 0 aromatic carbocycles. The predicted octanol–water partition coefficient (Wildman–Crippen LogP) is 2.13. The monoisotopic (exact) mass is 179 g/mol. The molecule has 0 radical (unpaired) electrons. The van der Waals surface area contributed by atoms with E-state index in [1.54, 1.807) is 6.08 Å². The number of aryl methyl sites for hydroxylation is 1. The molecule has 1 aromatic rings. The summed E-state index contributed by atoms with van der Waals surface area (Å²) in [6.07, 6.45) is 3.73. The van der Waals surface area contributed by atoms with Crippen LogP contribution >= 0.6 is 0 Å². The van der Waals surface area contributed by atoms with Crippen LogP contribution in [0.2, 0.25) is 0 Å². The van der Waals surface area contributed by atoms with Gasteiger partial charge in [-0.15, -0.1) is 0 Å². The molecule has 1 heterocycles. The maximum absolute atomic E-state index is 8.66. The largest absolute Gasteiger partial charge is 0.392 e. The highest BCUT2D eigenvalue weighted by Crippen LogP contribution is 2.15. The Bertz CT molecular complexity index is 310. The van der Waals surface area contributed by atoms with Gasteiger partial charge in [-0.1, -0.05) is 12.2 Å². The SMILES string of the molecule is CCn1c(C)cc(C=CCO)c1C. The Morgan fingerprint density at radius 3 is 2.62 bits per heavy atom. The molecule has 72 valence electrons. The zero-order valence-electron chi connectivity index (χ0n) is 8.54. The Morgan fingerprint density at radius 2 is 2.15 bits per heavy atom. The molecule has 0 unspecified atom stereocenters. The highest BCUT2D eigenvalue weighted by molar-refractivity contribution is 5.53. The van der Waals surface area contributed by atoms with Crippen molar-refractivity contribution in [2.24, 2.45) is 0 Å². The first kappa shape index (κ1) is 10.1. The van der Waals surface area contributed by atoms with Crippen LogP contribution in [0, 0.1) is 13.8 Å². The van der Waals surface area contributed by atoms with Crippen LogP contribution in [0.5, 0.6) is 0 Å². The summed E-state index contributed by atoms with van der Waals surface area (Å²) in [5.41, 5.74) is 3.75. The molecule has 0 spiro atoms. The standard InChI is InChI=1S/C11H17NO/c1-4-12-9(2)8-11(10(12)3)6-5-7-13/h5-6,8,13H,4,7H2,1-3H3. The van der Waals surface area contributed by atoms with E-state index in [-0.39, 0.29) is 6.61 Å². The summed E-state index contributed by atoms with van der Waals surface area (Å²) in [5.74, 6) is 0. The van der Waals surface area contributed by atoms with E-state index in [0.717, 1.165) is 6.54 Å². The molecular weight excluding hydrogens is 162 g/mol. The Balaban J connectivity index is 3.03. The fraction of sp³-hybridized carbons (Fsp3) is 0.455. The van der Waals surface area contributed by atoms with Crippen LogP contribution in [0.15, 0.2) is 12.1 Å². The Kier molecular flexibility index (Phi) is 3.32. The van der Waals surface area contributed by atoms with Gasteiger partial charge < -0.3 is 9.67 Å². The van der Waals surface area contributed by atoms with Crippen molar-refractivity contribution in [3.05, 3.63) is 29.1 Å². The van der Waals surface area contributed by atoms with Crippen molar-refractivity contribution in [2.75, 3.05) is 6.61 Å². The van der Waals surface area contributed by atoms with Gasteiger partial charge in [0, 0.05) is 17.9 Å². The maximum Gasteiger partial charge on any atom is 0.0615 e. The first-order valence-corrected chi connectivity index (χ1v) is 4.64. The topological polar surface area (TPSA) is 25.2 Å². The third-order valence-corrected chi connectivity index (χ3v) is 2.33. The van der Waals surface area contributed by atoms with Crippen molar-refractivity contribution in [2.45, 2.75) is 27.3 Å². The first-order valence-electron chi connectivity index (χ1n) is 4.64. The minimum absolute atomic E-state index is 0.107. The summed E-state index contributed by atoms with van der Waals surface area (Å²) < 4.78 is 2.26. The van der Waals surface area contributed by atoms with Crippen LogP contribution in [0.1, 0.15) is 23.9 Å². The van der Waals surface area contributed by atoms with E-state index >= 15 is 0 Å². The Hall–Kier alpha value is -1.02. The third-order valence-electron chi connectivity index (χ3n) is 2.33. The van der Waals surface area contributed by atoms with E-state index in [1.165, 1.54) is 17.0 Å². The molecule has 0 aliphatic carbocycles. The second-order valence-electron chi connectivity index (χ2n) is 3.16. The number of nitrogens with zero attached hydrogens (tertiary/aromatic N) is 1. The van der Waals surface area contributed by atoms with Crippen molar-refractivity contribution in [1.29, 1.82) is 0 Å². The Labute approximate surface area is 79.5 Å². The van der Waals surface area contributed by atoms with Crippen molar-refractivity contribution in [3.8, 4) is 0 Å². The molecular formula is C11H17NO. The summed E-state index contributed by atoms with van der Waals surface area (Å²) in [4.78, 5) is 0. The van der Waals surface area contributed by atoms with E-state index < -0.39 is 0 Å². The van der Waals surface area contributed by atoms with Gasteiger partial charge in [0.1, 0.15) is 0 Å². The van der Waals surface area contributed by atoms with Crippen LogP contribution in [0.25, 0.3) is 6.08 Å². The summed E-state index contributed by atoms with van der Waals surface area (Å²) in [7, 11) is 0. The third kappa shape index (κ3) is 2.01. The van der Waals surface area contributed by atoms with Crippen LogP contribution in [-0.2, 0) is 6.54 Å². The molecule has 2 nitrogen and oxygen atoms in total. The number of aromatic nitrogens is 1. The molecule has 0 aliphatic rings. The number of aliphatic hydroxyl groups excluding tert-OH is 1. The molecule has 0 saturated carbocycles. The number of aliphatic hydroxyl groups is 1. The lowest BCUT2D eigenvalue weighted by Gasteiger charge is -2.04. The molecule has 2 heteroatoms. The van der Waals surface area contributed by atoms with Gasteiger partial charge in [-0.25, -0.2) is 0 Å². The van der Waals surface area contributed by atoms with E-state index in [2.05, 4.69) is 31.4 Å². The average molecular weight is 179 g/mol. The number of hydrogen-bond acceptors (Lipinski definition) is 1. The van der Waals surface area contributed by atoms with Gasteiger partial charge in [0.05, 0.1) is 6.61 Å². The van der Waals surface area contributed by atoms with Crippen LogP contribution < -0.4 is 0 Å². The molecule has 1 rings (SSSR count). The van der Waals surface area contributed by atoms with E-state index in [1.807, 2.05) is 6.08 Å². The quantitative estimate of drug-likeness (QED) is 0.755. The number of rotatable bonds is 3. The van der Waals surface area contributed by atoms with Crippen LogP contribution in [0.3, 0.4) is 0 Å². The van der Waals surface area contributed by atoms with Gasteiger partial charge in [0.25, 0.3) is 0 Å². The van der Waals surface area contributed by atoms with Crippen molar-refractivity contribution in [1.82, 2.24) is 4.57 Å². The summed E-state index contributed by atoms with van der Waals surface area (Å²) in [5, 5.41) is 8.66. The predicted molar refractivity (Wildman–Crippen MR) is 55.7 cm³/mol. The normalized spacial score (nSPS) is 11.4. The molecule has 0 saturated heterocycles. The first-order chi connectivity index (χ1) is 6.20. The second-order valence-corrected chi connectivity index (χ2v) is 3.16. The second kappa shape index (κ2) is 4.28. The smallest absolute Gasteiger partial charge is 0.0615 e. The van der Waals surface area contributed by atoms with Gasteiger partial charge in [0.2, 0.25) is 0 Å². The molecule has 0 aliphatic heterocycles. The van der Waals surface area contributed by atoms with Crippen molar-refractivity contribution in [3.63, 3.8) is 0 Å². The van der Waals surface area contributed by atoms with E-state index in [9.17, 15) is 0 Å². The lowest BCUT2D eigenvalue weighted by Crippen LogP contribution is -1.98. The van der Waals surface area contributed by atoms with Crippen molar-refractivity contribution >= 4 is 6.08 Å². The fourth-order valence-electron chi connectivity index (χ4n) is 1.66. The zero-order chi connectivity index (χ0) is 9.84. The van der Waals surface area contributed by atoms with Crippen LogP contribution in [0.4, 0.5) is 0 Å². The van der Waals surface area contributed by atoms with E-state index in [4.69, 9.17) is 5.11 Å². The maximum atomic E-state index is 8.66. The lowest BCUT2D eigenvalue weighted by atomic mass is 10.2.